The molecule has 1 saturated heterocycles. The van der Waals surface area contributed by atoms with Crippen LogP contribution in [0.5, 0.6) is 0 Å². The first-order valence-electron chi connectivity index (χ1n) is 5.98. The van der Waals surface area contributed by atoms with E-state index in [1.54, 1.807) is 0 Å². The first-order chi connectivity index (χ1) is 7.24. The van der Waals surface area contributed by atoms with Crippen LogP contribution in [0.3, 0.4) is 0 Å². The van der Waals surface area contributed by atoms with Crippen LogP contribution in [-0.2, 0) is 0 Å². The van der Waals surface area contributed by atoms with Gasteiger partial charge in [-0.2, -0.15) is 11.8 Å². The van der Waals surface area contributed by atoms with E-state index in [4.69, 9.17) is 5.84 Å². The molecule has 4 heteroatoms. The summed E-state index contributed by atoms with van der Waals surface area (Å²) in [6.07, 6.45) is 2.42. The van der Waals surface area contributed by atoms with Crippen molar-refractivity contribution >= 4 is 11.8 Å². The Balaban J connectivity index is 2.62. The van der Waals surface area contributed by atoms with Gasteiger partial charge in [0.25, 0.3) is 0 Å². The van der Waals surface area contributed by atoms with Gasteiger partial charge in [-0.15, -0.1) is 0 Å². The third kappa shape index (κ3) is 3.34. The van der Waals surface area contributed by atoms with Crippen molar-refractivity contribution in [3.8, 4) is 0 Å². The number of thioether (sulfide) groups is 1. The molecule has 15 heavy (non-hydrogen) atoms. The van der Waals surface area contributed by atoms with E-state index < -0.39 is 0 Å². The quantitative estimate of drug-likeness (QED) is 0.553. The number of nitrogens with zero attached hydrogens (tertiary/aromatic N) is 1. The SMILES string of the molecule is CCC(CC)C(NN)C1CSCCN1C. The highest BCUT2D eigenvalue weighted by Gasteiger charge is 2.31. The zero-order chi connectivity index (χ0) is 11.3. The molecule has 1 rings (SSSR count). The molecule has 2 unspecified atom stereocenters. The maximum absolute atomic E-state index is 5.73. The number of hydrazine groups is 1. The van der Waals surface area contributed by atoms with Crippen molar-refractivity contribution in [1.82, 2.24) is 10.3 Å². The van der Waals surface area contributed by atoms with E-state index in [-0.39, 0.29) is 0 Å². The molecule has 0 spiro atoms. The zero-order valence-corrected chi connectivity index (χ0v) is 11.0. The molecule has 0 radical (unpaired) electrons. The maximum Gasteiger partial charge on any atom is 0.0402 e. The van der Waals surface area contributed by atoms with Gasteiger partial charge in [0.15, 0.2) is 0 Å². The Morgan fingerprint density at radius 1 is 1.47 bits per heavy atom. The Hall–Kier alpha value is 0.230. The van der Waals surface area contributed by atoms with E-state index in [0.29, 0.717) is 18.0 Å². The van der Waals surface area contributed by atoms with E-state index in [9.17, 15) is 0 Å². The summed E-state index contributed by atoms with van der Waals surface area (Å²) in [4.78, 5) is 2.46. The van der Waals surface area contributed by atoms with Crippen molar-refractivity contribution < 1.29 is 0 Å². The van der Waals surface area contributed by atoms with Gasteiger partial charge in [-0.3, -0.25) is 11.3 Å². The van der Waals surface area contributed by atoms with Crippen molar-refractivity contribution in [3.63, 3.8) is 0 Å². The highest BCUT2D eigenvalue weighted by atomic mass is 32.2. The van der Waals surface area contributed by atoms with Gasteiger partial charge < -0.3 is 4.90 Å². The van der Waals surface area contributed by atoms with Crippen LogP contribution in [0.25, 0.3) is 0 Å². The molecule has 3 nitrogen and oxygen atoms in total. The topological polar surface area (TPSA) is 41.3 Å². The number of likely N-dealkylation sites (N-methyl/N-ethyl adjacent to an activating group) is 1. The Bertz CT molecular complexity index is 173. The molecule has 0 aliphatic carbocycles. The molecule has 1 fully saturated rings. The molecule has 0 amide bonds. The lowest BCUT2D eigenvalue weighted by Crippen LogP contribution is -2.57. The van der Waals surface area contributed by atoms with Crippen molar-refractivity contribution in [3.05, 3.63) is 0 Å². The molecule has 90 valence electrons. The molecule has 1 aliphatic rings. The van der Waals surface area contributed by atoms with Gasteiger partial charge in [-0.25, -0.2) is 0 Å². The Labute approximate surface area is 98.1 Å². The van der Waals surface area contributed by atoms with E-state index in [1.807, 2.05) is 0 Å². The number of rotatable bonds is 5. The summed E-state index contributed by atoms with van der Waals surface area (Å²) in [5.74, 6) is 8.89. The van der Waals surface area contributed by atoms with Crippen LogP contribution < -0.4 is 11.3 Å². The number of hydrogen-bond acceptors (Lipinski definition) is 4. The zero-order valence-electron chi connectivity index (χ0n) is 10.2. The fourth-order valence-electron chi connectivity index (χ4n) is 2.44. The second-order valence-corrected chi connectivity index (χ2v) is 5.54. The molecule has 0 aromatic carbocycles. The third-order valence-corrected chi connectivity index (χ3v) is 4.66. The highest BCUT2D eigenvalue weighted by Crippen LogP contribution is 2.24. The first-order valence-corrected chi connectivity index (χ1v) is 7.14. The second kappa shape index (κ2) is 6.74. The normalized spacial score (nSPS) is 25.8. The summed E-state index contributed by atoms with van der Waals surface area (Å²) < 4.78 is 0. The predicted molar refractivity (Wildman–Crippen MR) is 68.9 cm³/mol. The van der Waals surface area contributed by atoms with Crippen molar-refractivity contribution in [2.24, 2.45) is 11.8 Å². The summed E-state index contributed by atoms with van der Waals surface area (Å²) >= 11 is 2.05. The summed E-state index contributed by atoms with van der Waals surface area (Å²) in [5, 5.41) is 0. The Morgan fingerprint density at radius 3 is 2.60 bits per heavy atom. The molecule has 0 saturated carbocycles. The molecular formula is C11H25N3S. The largest absolute Gasteiger partial charge is 0.300 e. The lowest BCUT2D eigenvalue weighted by Gasteiger charge is -2.40. The lowest BCUT2D eigenvalue weighted by atomic mass is 9.89. The summed E-state index contributed by atoms with van der Waals surface area (Å²) in [5.41, 5.74) is 3.05. The third-order valence-electron chi connectivity index (χ3n) is 3.61. The Morgan fingerprint density at radius 2 is 2.13 bits per heavy atom. The van der Waals surface area contributed by atoms with Crippen LogP contribution in [0.4, 0.5) is 0 Å². The van der Waals surface area contributed by atoms with Gasteiger partial charge in [-0.1, -0.05) is 26.7 Å². The van der Waals surface area contributed by atoms with Gasteiger partial charge in [0.05, 0.1) is 0 Å². The lowest BCUT2D eigenvalue weighted by molar-refractivity contribution is 0.168. The van der Waals surface area contributed by atoms with Gasteiger partial charge in [-0.05, 0) is 13.0 Å². The summed E-state index contributed by atoms with van der Waals surface area (Å²) in [6, 6.07) is 1.04. The standard InChI is InChI=1S/C11H25N3S/c1-4-9(5-2)11(13-12)10-8-15-7-6-14(10)3/h9-11,13H,4-8,12H2,1-3H3. The van der Waals surface area contributed by atoms with Gasteiger partial charge in [0.1, 0.15) is 0 Å². The highest BCUT2D eigenvalue weighted by molar-refractivity contribution is 7.99. The van der Waals surface area contributed by atoms with Crippen LogP contribution in [0.2, 0.25) is 0 Å². The van der Waals surface area contributed by atoms with Gasteiger partial charge >= 0.3 is 0 Å². The first kappa shape index (κ1) is 13.3. The van der Waals surface area contributed by atoms with E-state index in [1.165, 1.54) is 30.9 Å². The minimum Gasteiger partial charge on any atom is -0.300 e. The van der Waals surface area contributed by atoms with Crippen LogP contribution in [-0.4, -0.2) is 42.1 Å². The summed E-state index contributed by atoms with van der Waals surface area (Å²) in [7, 11) is 2.22. The maximum atomic E-state index is 5.73. The van der Waals surface area contributed by atoms with Crippen LogP contribution in [0.1, 0.15) is 26.7 Å². The molecular weight excluding hydrogens is 206 g/mol. The average molecular weight is 231 g/mol. The second-order valence-electron chi connectivity index (χ2n) is 4.39. The average Bonchev–Trinajstić information content (AvgIpc) is 2.27. The fourth-order valence-corrected chi connectivity index (χ4v) is 3.73. The minimum absolute atomic E-state index is 0.442. The summed E-state index contributed by atoms with van der Waals surface area (Å²) in [6.45, 7) is 5.70. The molecule has 2 atom stereocenters. The monoisotopic (exact) mass is 231 g/mol. The number of nitrogens with two attached hydrogens (primary N) is 1. The van der Waals surface area contributed by atoms with E-state index >= 15 is 0 Å². The molecule has 0 aromatic rings. The minimum atomic E-state index is 0.442. The van der Waals surface area contributed by atoms with Gasteiger partial charge in [0, 0.05) is 30.1 Å². The predicted octanol–water partition coefficient (Wildman–Crippen LogP) is 1.30. The van der Waals surface area contributed by atoms with E-state index in [2.05, 4.69) is 43.0 Å². The molecule has 0 bridgehead atoms. The number of hydrogen-bond donors (Lipinski definition) is 2. The number of nitrogens with one attached hydrogen (secondary N) is 1. The molecule has 3 N–H and O–H groups in total. The molecule has 1 heterocycles. The molecule has 1 aliphatic heterocycles. The van der Waals surface area contributed by atoms with Crippen LogP contribution in [0.15, 0.2) is 0 Å². The van der Waals surface area contributed by atoms with Crippen molar-refractivity contribution in [2.75, 3.05) is 25.1 Å². The smallest absolute Gasteiger partial charge is 0.0402 e. The van der Waals surface area contributed by atoms with Crippen molar-refractivity contribution in [1.29, 1.82) is 0 Å². The Kier molecular flexibility index (Phi) is 5.97. The van der Waals surface area contributed by atoms with Crippen LogP contribution >= 0.6 is 11.8 Å². The van der Waals surface area contributed by atoms with Crippen molar-refractivity contribution in [2.45, 2.75) is 38.8 Å². The fraction of sp³-hybridized carbons (Fsp3) is 1.00. The van der Waals surface area contributed by atoms with Crippen LogP contribution in [0, 0.1) is 5.92 Å². The molecule has 0 aromatic heterocycles. The van der Waals surface area contributed by atoms with E-state index in [0.717, 1.165) is 0 Å². The van der Waals surface area contributed by atoms with Gasteiger partial charge in [0.2, 0.25) is 0 Å².